The number of nitrogens with zero attached hydrogens (tertiary/aromatic N) is 3. The topological polar surface area (TPSA) is 71.7 Å². The van der Waals surface area contributed by atoms with Crippen LogP contribution in [0.4, 0.5) is 5.95 Å². The Morgan fingerprint density at radius 1 is 1.53 bits per heavy atom. The summed E-state index contributed by atoms with van der Waals surface area (Å²) in [7, 11) is 1.55. The lowest BCUT2D eigenvalue weighted by molar-refractivity contribution is 0.0726. The molecular weight excluding hydrogens is 220 g/mol. The molecule has 0 aliphatic rings. The molecule has 6 nitrogen and oxygen atoms in total. The molecule has 0 fully saturated rings. The first kappa shape index (κ1) is 11.8. The number of methoxy groups -OCH3 is 1. The van der Waals surface area contributed by atoms with Gasteiger partial charge in [-0.05, 0) is 19.1 Å². The number of aryl methyl sites for hydroxylation is 1. The molecule has 17 heavy (non-hydrogen) atoms. The highest BCUT2D eigenvalue weighted by Crippen LogP contribution is 2.07. The van der Waals surface area contributed by atoms with Crippen molar-refractivity contribution in [1.82, 2.24) is 14.6 Å². The van der Waals surface area contributed by atoms with Crippen molar-refractivity contribution in [3.8, 4) is 0 Å². The van der Waals surface area contributed by atoms with E-state index in [9.17, 15) is 5.11 Å². The normalized spacial score (nSPS) is 12.9. The molecule has 0 spiro atoms. The average Bonchev–Trinajstić information content (AvgIpc) is 2.71. The molecule has 0 aliphatic heterocycles. The second-order valence-corrected chi connectivity index (χ2v) is 3.86. The molecule has 2 aromatic rings. The quantitative estimate of drug-likeness (QED) is 0.789. The minimum absolute atomic E-state index is 0.291. The van der Waals surface area contributed by atoms with Gasteiger partial charge in [-0.15, -0.1) is 5.10 Å². The smallest absolute Gasteiger partial charge is 0.243 e. The Balaban J connectivity index is 2.07. The molecule has 1 unspecified atom stereocenters. The van der Waals surface area contributed by atoms with Gasteiger partial charge in [-0.2, -0.15) is 4.98 Å². The number of aliphatic hydroxyl groups is 1. The lowest BCUT2D eigenvalue weighted by atomic mass is 10.4. The van der Waals surface area contributed by atoms with Crippen molar-refractivity contribution >= 4 is 11.6 Å². The van der Waals surface area contributed by atoms with Gasteiger partial charge >= 0.3 is 0 Å². The van der Waals surface area contributed by atoms with E-state index in [4.69, 9.17) is 4.74 Å². The first-order valence-electron chi connectivity index (χ1n) is 5.44. The summed E-state index contributed by atoms with van der Waals surface area (Å²) in [6, 6.07) is 5.78. The van der Waals surface area contributed by atoms with Crippen LogP contribution in [-0.4, -0.2) is 46.1 Å². The van der Waals surface area contributed by atoms with E-state index in [-0.39, 0.29) is 0 Å². The maximum absolute atomic E-state index is 9.49. The van der Waals surface area contributed by atoms with E-state index in [1.807, 2.05) is 25.1 Å². The monoisotopic (exact) mass is 236 g/mol. The molecule has 0 radical (unpaired) electrons. The van der Waals surface area contributed by atoms with Crippen molar-refractivity contribution in [2.24, 2.45) is 0 Å². The van der Waals surface area contributed by atoms with Gasteiger partial charge in [0.1, 0.15) is 0 Å². The Morgan fingerprint density at radius 2 is 2.35 bits per heavy atom. The van der Waals surface area contributed by atoms with Crippen LogP contribution in [0.3, 0.4) is 0 Å². The van der Waals surface area contributed by atoms with E-state index in [1.54, 1.807) is 11.6 Å². The van der Waals surface area contributed by atoms with E-state index >= 15 is 0 Å². The summed E-state index contributed by atoms with van der Waals surface area (Å²) in [5.41, 5.74) is 1.80. The number of ether oxygens (including phenoxy) is 1. The molecule has 0 saturated carbocycles. The lowest BCUT2D eigenvalue weighted by Crippen LogP contribution is -2.24. The van der Waals surface area contributed by atoms with Crippen molar-refractivity contribution in [2.75, 3.05) is 25.6 Å². The van der Waals surface area contributed by atoms with Crippen LogP contribution in [0.15, 0.2) is 18.2 Å². The fourth-order valence-electron chi connectivity index (χ4n) is 1.57. The average molecular weight is 236 g/mol. The summed E-state index contributed by atoms with van der Waals surface area (Å²) in [6.45, 7) is 2.62. The summed E-state index contributed by atoms with van der Waals surface area (Å²) in [4.78, 5) is 4.29. The minimum atomic E-state index is -0.562. The zero-order valence-corrected chi connectivity index (χ0v) is 9.92. The Labute approximate surface area is 99.2 Å². The molecule has 2 rings (SSSR count). The fraction of sp³-hybridized carbons (Fsp3) is 0.455. The molecule has 1 atom stereocenters. The third-order valence-electron chi connectivity index (χ3n) is 2.40. The number of fused-ring (bicyclic) bond motifs is 1. The number of aromatic nitrogens is 3. The highest BCUT2D eigenvalue weighted by Gasteiger charge is 2.07. The largest absolute Gasteiger partial charge is 0.389 e. The summed E-state index contributed by atoms with van der Waals surface area (Å²) in [6.07, 6.45) is -0.562. The number of anilines is 1. The van der Waals surface area contributed by atoms with E-state index in [2.05, 4.69) is 15.4 Å². The molecule has 6 heteroatoms. The van der Waals surface area contributed by atoms with Crippen molar-refractivity contribution < 1.29 is 9.84 Å². The molecule has 2 aromatic heterocycles. The molecular formula is C11H16N4O2. The number of aliphatic hydroxyl groups excluding tert-OH is 1. The maximum Gasteiger partial charge on any atom is 0.243 e. The summed E-state index contributed by atoms with van der Waals surface area (Å²) in [5.74, 6) is 0.509. The second-order valence-electron chi connectivity index (χ2n) is 3.86. The van der Waals surface area contributed by atoms with Crippen LogP contribution in [0.25, 0.3) is 5.65 Å². The van der Waals surface area contributed by atoms with Gasteiger partial charge in [0.05, 0.1) is 12.7 Å². The molecule has 0 amide bonds. The summed E-state index contributed by atoms with van der Waals surface area (Å²) >= 11 is 0. The van der Waals surface area contributed by atoms with Gasteiger partial charge < -0.3 is 15.2 Å². The highest BCUT2D eigenvalue weighted by atomic mass is 16.5. The van der Waals surface area contributed by atoms with Gasteiger partial charge in [0, 0.05) is 19.3 Å². The maximum atomic E-state index is 9.49. The minimum Gasteiger partial charge on any atom is -0.389 e. The molecule has 92 valence electrons. The van der Waals surface area contributed by atoms with E-state index in [0.29, 0.717) is 19.1 Å². The number of pyridine rings is 1. The third kappa shape index (κ3) is 2.72. The predicted octanol–water partition coefficient (Wildman–Crippen LogP) is 0.457. The van der Waals surface area contributed by atoms with Gasteiger partial charge in [-0.25, -0.2) is 4.52 Å². The standard InChI is InChI=1S/C11H16N4O2/c1-8-4-3-5-10-13-11(14-15(8)10)12-6-9(16)7-17-2/h3-5,9,16H,6-7H2,1-2H3,(H,12,14). The summed E-state index contributed by atoms with van der Waals surface area (Å²) < 4.78 is 6.59. The number of hydrogen-bond acceptors (Lipinski definition) is 5. The van der Waals surface area contributed by atoms with Crippen LogP contribution in [-0.2, 0) is 4.74 Å². The van der Waals surface area contributed by atoms with Crippen LogP contribution >= 0.6 is 0 Å². The number of nitrogens with one attached hydrogen (secondary N) is 1. The highest BCUT2D eigenvalue weighted by molar-refractivity contribution is 5.44. The van der Waals surface area contributed by atoms with Crippen LogP contribution in [0.1, 0.15) is 5.69 Å². The van der Waals surface area contributed by atoms with Crippen LogP contribution < -0.4 is 5.32 Å². The van der Waals surface area contributed by atoms with Crippen molar-refractivity contribution in [3.63, 3.8) is 0 Å². The van der Waals surface area contributed by atoms with Gasteiger partial charge in [-0.3, -0.25) is 0 Å². The van der Waals surface area contributed by atoms with Crippen molar-refractivity contribution in [2.45, 2.75) is 13.0 Å². The van der Waals surface area contributed by atoms with E-state index in [0.717, 1.165) is 11.3 Å². The zero-order valence-electron chi connectivity index (χ0n) is 9.92. The Morgan fingerprint density at radius 3 is 3.06 bits per heavy atom. The van der Waals surface area contributed by atoms with Crippen LogP contribution in [0.5, 0.6) is 0 Å². The zero-order chi connectivity index (χ0) is 12.3. The SMILES string of the molecule is COCC(O)CNc1nc2cccc(C)n2n1. The molecule has 0 bridgehead atoms. The van der Waals surface area contributed by atoms with E-state index < -0.39 is 6.10 Å². The number of rotatable bonds is 5. The Hall–Kier alpha value is -1.66. The Kier molecular flexibility index (Phi) is 3.55. The predicted molar refractivity (Wildman–Crippen MR) is 64.1 cm³/mol. The molecule has 0 aromatic carbocycles. The van der Waals surface area contributed by atoms with Crippen molar-refractivity contribution in [1.29, 1.82) is 0 Å². The summed E-state index contributed by atoms with van der Waals surface area (Å²) in [5, 5.41) is 16.7. The van der Waals surface area contributed by atoms with E-state index in [1.165, 1.54) is 0 Å². The lowest BCUT2D eigenvalue weighted by Gasteiger charge is -2.08. The number of hydrogen-bond donors (Lipinski definition) is 2. The van der Waals surface area contributed by atoms with Crippen LogP contribution in [0.2, 0.25) is 0 Å². The van der Waals surface area contributed by atoms with Crippen molar-refractivity contribution in [3.05, 3.63) is 23.9 Å². The van der Waals surface area contributed by atoms with Gasteiger partial charge in [0.2, 0.25) is 5.95 Å². The molecule has 0 saturated heterocycles. The second kappa shape index (κ2) is 5.11. The van der Waals surface area contributed by atoms with Gasteiger partial charge in [-0.1, -0.05) is 6.07 Å². The Bertz CT molecular complexity index is 497. The fourth-order valence-corrected chi connectivity index (χ4v) is 1.57. The molecule has 2 N–H and O–H groups in total. The molecule has 2 heterocycles. The first-order valence-corrected chi connectivity index (χ1v) is 5.44. The van der Waals surface area contributed by atoms with Gasteiger partial charge in [0.25, 0.3) is 0 Å². The molecule has 0 aliphatic carbocycles. The van der Waals surface area contributed by atoms with Gasteiger partial charge in [0.15, 0.2) is 5.65 Å². The van der Waals surface area contributed by atoms with Crippen LogP contribution in [0, 0.1) is 6.92 Å². The third-order valence-corrected chi connectivity index (χ3v) is 2.40. The first-order chi connectivity index (χ1) is 8.20.